The first-order chi connectivity index (χ1) is 14.4. The molecule has 160 valence electrons. The summed E-state index contributed by atoms with van der Waals surface area (Å²) in [6.07, 6.45) is 2.42. The molecule has 0 spiro atoms. The molecule has 0 radical (unpaired) electrons. The molecular weight excluding hydrogens is 412 g/mol. The summed E-state index contributed by atoms with van der Waals surface area (Å²) in [5.74, 6) is 0.322. The van der Waals surface area contributed by atoms with Crippen molar-refractivity contribution in [3.63, 3.8) is 0 Å². The number of hydrogen-bond donors (Lipinski definition) is 0. The maximum absolute atomic E-state index is 12.7. The van der Waals surface area contributed by atoms with E-state index in [9.17, 15) is 9.59 Å². The minimum atomic E-state index is -0.941. The maximum atomic E-state index is 12.7. The number of esters is 1. The Bertz CT molecular complexity index is 904. The molecule has 1 aliphatic rings. The lowest BCUT2D eigenvalue weighted by molar-refractivity contribution is -0.140. The van der Waals surface area contributed by atoms with Gasteiger partial charge in [-0.1, -0.05) is 11.6 Å². The maximum Gasteiger partial charge on any atom is 0.339 e. The lowest BCUT2D eigenvalue weighted by Crippen LogP contribution is -2.52. The predicted molar refractivity (Wildman–Crippen MR) is 110 cm³/mol. The average Bonchev–Trinajstić information content (AvgIpc) is 2.78. The van der Waals surface area contributed by atoms with Crippen molar-refractivity contribution in [2.45, 2.75) is 13.0 Å². The van der Waals surface area contributed by atoms with Crippen LogP contribution in [0.25, 0.3) is 0 Å². The van der Waals surface area contributed by atoms with Gasteiger partial charge in [0.25, 0.3) is 5.91 Å². The van der Waals surface area contributed by atoms with E-state index in [-0.39, 0.29) is 16.5 Å². The number of ether oxygens (including phenoxy) is 3. The van der Waals surface area contributed by atoms with Gasteiger partial charge in [-0.3, -0.25) is 4.79 Å². The molecule has 1 aromatic carbocycles. The second-order valence-corrected chi connectivity index (χ2v) is 7.01. The van der Waals surface area contributed by atoms with Crippen molar-refractivity contribution in [3.05, 3.63) is 41.2 Å². The summed E-state index contributed by atoms with van der Waals surface area (Å²) in [7, 11) is 2.89. The van der Waals surface area contributed by atoms with Gasteiger partial charge in [-0.05, 0) is 25.1 Å². The zero-order chi connectivity index (χ0) is 21.7. The molecule has 1 atom stereocenters. The monoisotopic (exact) mass is 434 g/mol. The Kier molecular flexibility index (Phi) is 6.94. The molecule has 2 aromatic rings. The average molecular weight is 435 g/mol. The van der Waals surface area contributed by atoms with Crippen LogP contribution in [0, 0.1) is 0 Å². The van der Waals surface area contributed by atoms with Gasteiger partial charge in [0.2, 0.25) is 5.95 Å². The summed E-state index contributed by atoms with van der Waals surface area (Å²) in [4.78, 5) is 37.4. The number of carbonyl (C=O) groups excluding carboxylic acids is 2. The molecule has 0 N–H and O–H groups in total. The molecule has 9 nitrogen and oxygen atoms in total. The second-order valence-electron chi connectivity index (χ2n) is 6.60. The van der Waals surface area contributed by atoms with E-state index in [0.717, 1.165) is 0 Å². The van der Waals surface area contributed by atoms with Crippen LogP contribution in [-0.2, 0) is 9.53 Å². The standard InChI is InChI=1S/C20H23ClN4O5/c1-13(30-19(27)14-11-15(21)17(29-3)16(12-14)28-2)18(26)24-7-9-25(10-8-24)20-22-5-4-6-23-20/h4-6,11-13H,7-10H2,1-3H3. The first-order valence-electron chi connectivity index (χ1n) is 9.37. The Morgan fingerprint density at radius 3 is 2.33 bits per heavy atom. The number of aromatic nitrogens is 2. The summed E-state index contributed by atoms with van der Waals surface area (Å²) < 4.78 is 15.7. The van der Waals surface area contributed by atoms with Crippen LogP contribution < -0.4 is 14.4 Å². The minimum absolute atomic E-state index is 0.170. The van der Waals surface area contributed by atoms with Crippen LogP contribution in [0.2, 0.25) is 5.02 Å². The number of benzene rings is 1. The summed E-state index contributed by atoms with van der Waals surface area (Å²) in [5.41, 5.74) is 0.170. The van der Waals surface area contributed by atoms with Crippen LogP contribution in [0.1, 0.15) is 17.3 Å². The van der Waals surface area contributed by atoms with Crippen molar-refractivity contribution in [3.8, 4) is 11.5 Å². The molecule has 1 aromatic heterocycles. The van der Waals surface area contributed by atoms with Gasteiger partial charge >= 0.3 is 5.97 Å². The lowest BCUT2D eigenvalue weighted by Gasteiger charge is -2.35. The van der Waals surface area contributed by atoms with Gasteiger partial charge in [0.05, 0.1) is 24.8 Å². The highest BCUT2D eigenvalue weighted by Gasteiger charge is 2.28. The van der Waals surface area contributed by atoms with E-state index in [4.69, 9.17) is 25.8 Å². The molecule has 1 saturated heterocycles. The van der Waals surface area contributed by atoms with E-state index in [1.165, 1.54) is 26.4 Å². The number of halogens is 1. The van der Waals surface area contributed by atoms with Gasteiger partial charge in [-0.2, -0.15) is 0 Å². The Morgan fingerprint density at radius 1 is 1.07 bits per heavy atom. The second kappa shape index (κ2) is 9.62. The molecule has 3 rings (SSSR count). The quantitative estimate of drug-likeness (QED) is 0.637. The topological polar surface area (TPSA) is 94.1 Å². The van der Waals surface area contributed by atoms with Gasteiger partial charge in [-0.15, -0.1) is 0 Å². The first kappa shape index (κ1) is 21.6. The van der Waals surface area contributed by atoms with Crippen LogP contribution in [0.5, 0.6) is 11.5 Å². The van der Waals surface area contributed by atoms with Crippen LogP contribution in [0.3, 0.4) is 0 Å². The van der Waals surface area contributed by atoms with Gasteiger partial charge in [0, 0.05) is 38.6 Å². The number of hydrogen-bond acceptors (Lipinski definition) is 8. The number of nitrogens with zero attached hydrogens (tertiary/aromatic N) is 4. The van der Waals surface area contributed by atoms with Crippen molar-refractivity contribution in [2.75, 3.05) is 45.3 Å². The van der Waals surface area contributed by atoms with E-state index < -0.39 is 12.1 Å². The Balaban J connectivity index is 1.59. The van der Waals surface area contributed by atoms with Crippen molar-refractivity contribution in [2.24, 2.45) is 0 Å². The molecule has 10 heteroatoms. The van der Waals surface area contributed by atoms with Gasteiger partial charge in [0.1, 0.15) is 0 Å². The van der Waals surface area contributed by atoms with Crippen LogP contribution in [0.4, 0.5) is 5.95 Å². The highest BCUT2D eigenvalue weighted by atomic mass is 35.5. The van der Waals surface area contributed by atoms with Gasteiger partial charge < -0.3 is 24.0 Å². The number of carbonyl (C=O) groups is 2. The summed E-state index contributed by atoms with van der Waals surface area (Å²) in [5, 5.41) is 0.210. The molecule has 30 heavy (non-hydrogen) atoms. The fourth-order valence-electron chi connectivity index (χ4n) is 3.15. The Hall–Kier alpha value is -3.07. The lowest BCUT2D eigenvalue weighted by atomic mass is 10.2. The third-order valence-corrected chi connectivity index (χ3v) is 5.01. The van der Waals surface area contributed by atoms with Crippen LogP contribution in [0.15, 0.2) is 30.6 Å². The molecule has 1 fully saturated rings. The molecule has 0 bridgehead atoms. The van der Waals surface area contributed by atoms with E-state index >= 15 is 0 Å². The van der Waals surface area contributed by atoms with Crippen molar-refractivity contribution in [1.29, 1.82) is 0 Å². The van der Waals surface area contributed by atoms with Gasteiger partial charge in [0.15, 0.2) is 17.6 Å². The normalized spacial score (nSPS) is 14.8. The zero-order valence-corrected chi connectivity index (χ0v) is 17.8. The summed E-state index contributed by atoms with van der Waals surface area (Å²) in [6, 6.07) is 4.63. The minimum Gasteiger partial charge on any atom is -0.493 e. The number of rotatable bonds is 6. The van der Waals surface area contributed by atoms with Crippen LogP contribution >= 0.6 is 11.6 Å². The number of anilines is 1. The third-order valence-electron chi connectivity index (χ3n) is 4.73. The van der Waals surface area contributed by atoms with E-state index in [1.807, 2.05) is 4.90 Å². The molecule has 1 amide bonds. The molecule has 0 aliphatic carbocycles. The highest BCUT2D eigenvalue weighted by molar-refractivity contribution is 6.32. The van der Waals surface area contributed by atoms with E-state index in [1.54, 1.807) is 30.3 Å². The highest BCUT2D eigenvalue weighted by Crippen LogP contribution is 2.36. The SMILES string of the molecule is COc1cc(C(=O)OC(C)C(=O)N2CCN(c3ncccn3)CC2)cc(Cl)c1OC. The predicted octanol–water partition coefficient (Wildman–Crippen LogP) is 2.04. The van der Waals surface area contributed by atoms with E-state index in [0.29, 0.717) is 43.6 Å². The molecular formula is C20H23ClN4O5. The van der Waals surface area contributed by atoms with Crippen molar-refractivity contribution < 1.29 is 23.8 Å². The number of piperazine rings is 1. The van der Waals surface area contributed by atoms with Crippen LogP contribution in [-0.4, -0.2) is 73.2 Å². The Labute approximate surface area is 179 Å². The molecule has 1 aliphatic heterocycles. The largest absolute Gasteiger partial charge is 0.493 e. The Morgan fingerprint density at radius 2 is 1.73 bits per heavy atom. The zero-order valence-electron chi connectivity index (χ0n) is 17.0. The fourth-order valence-corrected chi connectivity index (χ4v) is 3.44. The van der Waals surface area contributed by atoms with Gasteiger partial charge in [-0.25, -0.2) is 14.8 Å². The third kappa shape index (κ3) is 4.73. The number of amides is 1. The first-order valence-corrected chi connectivity index (χ1v) is 9.75. The van der Waals surface area contributed by atoms with Crippen molar-refractivity contribution >= 4 is 29.4 Å². The summed E-state index contributed by atoms with van der Waals surface area (Å²) >= 11 is 6.14. The fraction of sp³-hybridized carbons (Fsp3) is 0.400. The molecule has 1 unspecified atom stereocenters. The molecule has 2 heterocycles. The van der Waals surface area contributed by atoms with Crippen molar-refractivity contribution in [1.82, 2.24) is 14.9 Å². The smallest absolute Gasteiger partial charge is 0.339 e. The summed E-state index contributed by atoms with van der Waals surface area (Å²) in [6.45, 7) is 3.72. The molecule has 0 saturated carbocycles. The number of methoxy groups -OCH3 is 2. The van der Waals surface area contributed by atoms with E-state index in [2.05, 4.69) is 9.97 Å².